The second kappa shape index (κ2) is 7.84. The van der Waals surface area contributed by atoms with E-state index in [1.165, 1.54) is 0 Å². The molecule has 92 valence electrons. The first-order valence-electron chi connectivity index (χ1n) is 5.38. The Bertz CT molecular complexity index is 404. The third-order valence-electron chi connectivity index (χ3n) is 2.10. The molecule has 1 aromatic carbocycles. The highest BCUT2D eigenvalue weighted by atomic mass is 35.5. The van der Waals surface area contributed by atoms with Gasteiger partial charge in [-0.2, -0.15) is 5.26 Å². The molecule has 0 saturated carbocycles. The second-order valence-electron chi connectivity index (χ2n) is 3.52. The topological polar surface area (TPSA) is 35.8 Å². The summed E-state index contributed by atoms with van der Waals surface area (Å²) in [6.45, 7) is 2.92. The van der Waals surface area contributed by atoms with Gasteiger partial charge in [0.15, 0.2) is 0 Å². The molecule has 0 aliphatic rings. The molecular formula is C12H14Cl2N2S. The molecule has 5 heteroatoms. The van der Waals surface area contributed by atoms with Crippen LogP contribution in [0.3, 0.4) is 0 Å². The van der Waals surface area contributed by atoms with Gasteiger partial charge < -0.3 is 5.32 Å². The molecule has 0 aliphatic heterocycles. The second-order valence-corrected chi connectivity index (χ2v) is 5.43. The van der Waals surface area contributed by atoms with E-state index in [1.807, 2.05) is 6.07 Å². The number of thioether (sulfide) groups is 1. The fourth-order valence-corrected chi connectivity index (χ4v) is 2.69. The highest BCUT2D eigenvalue weighted by Crippen LogP contribution is 2.30. The van der Waals surface area contributed by atoms with Crippen LogP contribution < -0.4 is 5.32 Å². The summed E-state index contributed by atoms with van der Waals surface area (Å²) in [6, 6.07) is 7.42. The molecule has 1 aromatic rings. The quantitative estimate of drug-likeness (QED) is 0.805. The fraction of sp³-hybridized carbons (Fsp3) is 0.417. The first kappa shape index (κ1) is 14.7. The summed E-state index contributed by atoms with van der Waals surface area (Å²) in [5.74, 6) is 0.663. The Hall–Kier alpha value is -0.400. The van der Waals surface area contributed by atoms with E-state index in [0.717, 1.165) is 17.9 Å². The molecule has 17 heavy (non-hydrogen) atoms. The van der Waals surface area contributed by atoms with Crippen LogP contribution in [-0.2, 0) is 0 Å². The van der Waals surface area contributed by atoms with Gasteiger partial charge in [-0.25, -0.2) is 0 Å². The van der Waals surface area contributed by atoms with Gasteiger partial charge in [-0.3, -0.25) is 0 Å². The van der Waals surface area contributed by atoms with Gasteiger partial charge in [-0.05, 0) is 31.2 Å². The van der Waals surface area contributed by atoms with Crippen molar-refractivity contribution in [2.24, 2.45) is 0 Å². The number of nitrogens with zero attached hydrogens (tertiary/aromatic N) is 1. The van der Waals surface area contributed by atoms with Crippen molar-refractivity contribution in [3.63, 3.8) is 0 Å². The van der Waals surface area contributed by atoms with Crippen molar-refractivity contribution in [2.75, 3.05) is 12.3 Å². The molecular weight excluding hydrogens is 275 g/mol. The van der Waals surface area contributed by atoms with Crippen LogP contribution in [0.15, 0.2) is 23.1 Å². The fourth-order valence-electron chi connectivity index (χ4n) is 1.22. The molecule has 0 amide bonds. The van der Waals surface area contributed by atoms with Crippen molar-refractivity contribution in [3.05, 3.63) is 28.2 Å². The molecule has 0 spiro atoms. The lowest BCUT2D eigenvalue weighted by atomic mass is 10.3. The largest absolute Gasteiger partial charge is 0.301 e. The molecule has 1 atom stereocenters. The molecule has 0 heterocycles. The summed E-state index contributed by atoms with van der Waals surface area (Å²) >= 11 is 13.5. The number of halogens is 2. The number of hydrogen-bond acceptors (Lipinski definition) is 3. The van der Waals surface area contributed by atoms with Crippen molar-refractivity contribution in [1.29, 1.82) is 5.26 Å². The van der Waals surface area contributed by atoms with Crippen LogP contribution >= 0.6 is 35.0 Å². The SMILES string of the molecule is CCCNC(C#N)CSc1cc(Cl)ccc1Cl. The summed E-state index contributed by atoms with van der Waals surface area (Å²) < 4.78 is 0. The molecule has 1 unspecified atom stereocenters. The van der Waals surface area contributed by atoms with Crippen molar-refractivity contribution < 1.29 is 0 Å². The van der Waals surface area contributed by atoms with Gasteiger partial charge >= 0.3 is 0 Å². The maximum absolute atomic E-state index is 8.97. The molecule has 0 saturated heterocycles. The molecule has 2 nitrogen and oxygen atoms in total. The van der Waals surface area contributed by atoms with Gasteiger partial charge in [0.25, 0.3) is 0 Å². The van der Waals surface area contributed by atoms with Gasteiger partial charge in [0.1, 0.15) is 6.04 Å². The maximum atomic E-state index is 8.97. The van der Waals surface area contributed by atoms with Gasteiger partial charge in [0, 0.05) is 15.7 Å². The first-order valence-corrected chi connectivity index (χ1v) is 7.12. The summed E-state index contributed by atoms with van der Waals surface area (Å²) in [6.07, 6.45) is 1.01. The van der Waals surface area contributed by atoms with Crippen molar-refractivity contribution in [2.45, 2.75) is 24.3 Å². The highest BCUT2D eigenvalue weighted by molar-refractivity contribution is 7.99. The minimum absolute atomic E-state index is 0.157. The van der Waals surface area contributed by atoms with E-state index < -0.39 is 0 Å². The zero-order chi connectivity index (χ0) is 12.7. The predicted molar refractivity (Wildman–Crippen MR) is 74.9 cm³/mol. The first-order chi connectivity index (χ1) is 8.17. The van der Waals surface area contributed by atoms with Crippen molar-refractivity contribution in [1.82, 2.24) is 5.32 Å². The summed E-state index contributed by atoms with van der Waals surface area (Å²) in [4.78, 5) is 0.915. The summed E-state index contributed by atoms with van der Waals surface area (Å²) in [7, 11) is 0. The Morgan fingerprint density at radius 3 is 2.88 bits per heavy atom. The minimum atomic E-state index is -0.157. The highest BCUT2D eigenvalue weighted by Gasteiger charge is 2.08. The number of nitrogens with one attached hydrogen (secondary N) is 1. The Balaban J connectivity index is 2.54. The lowest BCUT2D eigenvalue weighted by Gasteiger charge is -2.11. The van der Waals surface area contributed by atoms with Crippen LogP contribution in [-0.4, -0.2) is 18.3 Å². The monoisotopic (exact) mass is 288 g/mol. The Morgan fingerprint density at radius 2 is 2.24 bits per heavy atom. The predicted octanol–water partition coefficient (Wildman–Crippen LogP) is 3.98. The van der Waals surface area contributed by atoms with Crippen LogP contribution in [0.5, 0.6) is 0 Å². The maximum Gasteiger partial charge on any atom is 0.105 e. The molecule has 0 bridgehead atoms. The zero-order valence-electron chi connectivity index (χ0n) is 9.54. The molecule has 0 aliphatic carbocycles. The third kappa shape index (κ3) is 5.18. The summed E-state index contributed by atoms with van der Waals surface area (Å²) in [5.41, 5.74) is 0. The zero-order valence-corrected chi connectivity index (χ0v) is 11.9. The van der Waals surface area contributed by atoms with Crippen LogP contribution in [0, 0.1) is 11.3 Å². The van der Waals surface area contributed by atoms with E-state index in [2.05, 4.69) is 18.3 Å². The van der Waals surface area contributed by atoms with Crippen LogP contribution in [0.25, 0.3) is 0 Å². The third-order valence-corrected chi connectivity index (χ3v) is 3.92. The Morgan fingerprint density at radius 1 is 1.47 bits per heavy atom. The van der Waals surface area contributed by atoms with E-state index >= 15 is 0 Å². The van der Waals surface area contributed by atoms with Crippen LogP contribution in [0.1, 0.15) is 13.3 Å². The van der Waals surface area contributed by atoms with E-state index in [-0.39, 0.29) is 6.04 Å². The molecule has 1 N–H and O–H groups in total. The summed E-state index contributed by atoms with van der Waals surface area (Å²) in [5, 5.41) is 13.5. The molecule has 0 aromatic heterocycles. The van der Waals surface area contributed by atoms with Gasteiger partial charge in [-0.15, -0.1) is 11.8 Å². The average Bonchev–Trinajstić information content (AvgIpc) is 2.33. The number of rotatable bonds is 6. The van der Waals surface area contributed by atoms with Gasteiger partial charge in [0.2, 0.25) is 0 Å². The van der Waals surface area contributed by atoms with E-state index in [9.17, 15) is 0 Å². The smallest absolute Gasteiger partial charge is 0.105 e. The average molecular weight is 289 g/mol. The molecule has 0 fully saturated rings. The normalized spacial score (nSPS) is 12.1. The van der Waals surface area contributed by atoms with E-state index in [4.69, 9.17) is 28.5 Å². The van der Waals surface area contributed by atoms with E-state index in [1.54, 1.807) is 23.9 Å². The lowest BCUT2D eigenvalue weighted by molar-refractivity contribution is 0.637. The minimum Gasteiger partial charge on any atom is -0.301 e. The van der Waals surface area contributed by atoms with E-state index in [0.29, 0.717) is 15.8 Å². The number of hydrogen-bond donors (Lipinski definition) is 1. The number of nitriles is 1. The van der Waals surface area contributed by atoms with Gasteiger partial charge in [0.05, 0.1) is 11.1 Å². The van der Waals surface area contributed by atoms with Crippen molar-refractivity contribution >= 4 is 35.0 Å². The standard InChI is InChI=1S/C12H14Cl2N2S/c1-2-5-16-10(7-15)8-17-12-6-9(13)3-4-11(12)14/h3-4,6,10,16H,2,5,8H2,1H3. The molecule has 0 radical (unpaired) electrons. The Labute approximate surface area is 116 Å². The van der Waals surface area contributed by atoms with Crippen LogP contribution in [0.4, 0.5) is 0 Å². The van der Waals surface area contributed by atoms with Crippen LogP contribution in [0.2, 0.25) is 10.0 Å². The lowest BCUT2D eigenvalue weighted by Crippen LogP contribution is -2.30. The van der Waals surface area contributed by atoms with Crippen molar-refractivity contribution in [3.8, 4) is 6.07 Å². The van der Waals surface area contributed by atoms with Gasteiger partial charge in [-0.1, -0.05) is 30.1 Å². The number of benzene rings is 1. The Kier molecular flexibility index (Phi) is 6.76. The molecule has 1 rings (SSSR count).